The van der Waals surface area contributed by atoms with Crippen LogP contribution in [0.5, 0.6) is 0 Å². The van der Waals surface area contributed by atoms with Crippen molar-refractivity contribution >= 4 is 0 Å². The summed E-state index contributed by atoms with van der Waals surface area (Å²) in [5.74, 6) is 0. The second-order valence-corrected chi connectivity index (χ2v) is 5.31. The van der Waals surface area contributed by atoms with Crippen LogP contribution in [0.25, 0.3) is 11.1 Å². The molecule has 0 radical (unpaired) electrons. The Labute approximate surface area is 120 Å². The van der Waals surface area contributed by atoms with Crippen molar-refractivity contribution in [3.63, 3.8) is 0 Å². The minimum Gasteiger partial charge on any atom is -0.197 e. The normalized spacial score (nSPS) is 16.3. The highest BCUT2D eigenvalue weighted by Crippen LogP contribution is 2.48. The van der Waals surface area contributed by atoms with Crippen LogP contribution in [0.4, 0.5) is 13.2 Å². The van der Waals surface area contributed by atoms with Crippen molar-refractivity contribution in [2.24, 2.45) is 0 Å². The monoisotopic (exact) mass is 287 g/mol. The lowest BCUT2D eigenvalue weighted by Gasteiger charge is -2.13. The maximum absolute atomic E-state index is 13.0. The number of nitriles is 1. The first-order valence-corrected chi connectivity index (χ1v) is 6.65. The summed E-state index contributed by atoms with van der Waals surface area (Å²) in [5, 5.41) is 9.15. The van der Waals surface area contributed by atoms with E-state index in [0.29, 0.717) is 5.56 Å². The molecule has 0 aromatic heterocycles. The number of rotatable bonds is 2. The number of nitrogens with zero attached hydrogens (tertiary/aromatic N) is 1. The Balaban J connectivity index is 2.01. The van der Waals surface area contributed by atoms with Gasteiger partial charge >= 0.3 is 6.18 Å². The average molecular weight is 287 g/mol. The molecule has 1 aliphatic rings. The molecular weight excluding hydrogens is 275 g/mol. The first-order valence-electron chi connectivity index (χ1n) is 6.65. The van der Waals surface area contributed by atoms with Crippen molar-refractivity contribution in [1.29, 1.82) is 5.26 Å². The Kier molecular flexibility index (Phi) is 3.02. The van der Waals surface area contributed by atoms with E-state index in [1.165, 1.54) is 12.1 Å². The van der Waals surface area contributed by atoms with Gasteiger partial charge in [-0.25, -0.2) is 0 Å². The Morgan fingerprint density at radius 3 is 2.10 bits per heavy atom. The van der Waals surface area contributed by atoms with Gasteiger partial charge in [-0.15, -0.1) is 0 Å². The van der Waals surface area contributed by atoms with E-state index in [2.05, 4.69) is 6.07 Å². The Bertz CT molecular complexity index is 704. The Morgan fingerprint density at radius 2 is 1.57 bits per heavy atom. The molecule has 1 nitrogen and oxygen atoms in total. The number of benzene rings is 2. The molecule has 106 valence electrons. The highest BCUT2D eigenvalue weighted by molar-refractivity contribution is 5.68. The number of halogens is 3. The Morgan fingerprint density at radius 1 is 0.952 bits per heavy atom. The van der Waals surface area contributed by atoms with Gasteiger partial charge in [0.25, 0.3) is 0 Å². The van der Waals surface area contributed by atoms with Crippen molar-refractivity contribution < 1.29 is 13.2 Å². The zero-order chi connectivity index (χ0) is 15.1. The fraction of sp³-hybridized carbons (Fsp3) is 0.235. The lowest BCUT2D eigenvalue weighted by atomic mass is 9.93. The summed E-state index contributed by atoms with van der Waals surface area (Å²) in [6.45, 7) is 0. The van der Waals surface area contributed by atoms with Gasteiger partial charge in [0.2, 0.25) is 0 Å². The molecule has 2 aromatic carbocycles. The van der Waals surface area contributed by atoms with E-state index in [1.807, 2.05) is 0 Å². The summed E-state index contributed by atoms with van der Waals surface area (Å²) >= 11 is 0. The number of hydrogen-bond donors (Lipinski definition) is 0. The molecule has 0 atom stereocenters. The fourth-order valence-corrected chi connectivity index (χ4v) is 2.54. The van der Waals surface area contributed by atoms with Gasteiger partial charge in [-0.1, -0.05) is 42.5 Å². The van der Waals surface area contributed by atoms with E-state index in [9.17, 15) is 13.2 Å². The van der Waals surface area contributed by atoms with Gasteiger partial charge in [-0.3, -0.25) is 0 Å². The summed E-state index contributed by atoms with van der Waals surface area (Å²) in [4.78, 5) is 0. The van der Waals surface area contributed by atoms with Crippen molar-refractivity contribution in [1.82, 2.24) is 0 Å². The van der Waals surface area contributed by atoms with Gasteiger partial charge in [0.15, 0.2) is 0 Å². The molecule has 0 heterocycles. The van der Waals surface area contributed by atoms with Crippen LogP contribution in [0.1, 0.15) is 24.0 Å². The first kappa shape index (κ1) is 13.7. The predicted molar refractivity (Wildman–Crippen MR) is 73.4 cm³/mol. The van der Waals surface area contributed by atoms with Crippen LogP contribution in [-0.4, -0.2) is 0 Å². The minimum absolute atomic E-state index is 0.165. The molecule has 21 heavy (non-hydrogen) atoms. The molecule has 1 fully saturated rings. The van der Waals surface area contributed by atoms with Crippen molar-refractivity contribution in [2.45, 2.75) is 24.4 Å². The highest BCUT2D eigenvalue weighted by Gasteiger charge is 2.44. The molecule has 4 heteroatoms. The number of hydrogen-bond acceptors (Lipinski definition) is 1. The summed E-state index contributed by atoms with van der Waals surface area (Å²) in [5.41, 5.74) is 0.512. The van der Waals surface area contributed by atoms with E-state index in [0.717, 1.165) is 24.5 Å². The zero-order valence-corrected chi connectivity index (χ0v) is 11.1. The third kappa shape index (κ3) is 2.40. The lowest BCUT2D eigenvalue weighted by molar-refractivity contribution is -0.137. The van der Waals surface area contributed by atoms with Crippen LogP contribution >= 0.6 is 0 Å². The minimum atomic E-state index is -4.38. The summed E-state index contributed by atoms with van der Waals surface area (Å²) < 4.78 is 39.1. The van der Waals surface area contributed by atoms with Crippen molar-refractivity contribution in [3.05, 3.63) is 59.7 Å². The van der Waals surface area contributed by atoms with Gasteiger partial charge < -0.3 is 0 Å². The zero-order valence-electron chi connectivity index (χ0n) is 11.1. The highest BCUT2D eigenvalue weighted by atomic mass is 19.4. The molecule has 0 aliphatic heterocycles. The van der Waals surface area contributed by atoms with Gasteiger partial charge in [0, 0.05) is 0 Å². The van der Waals surface area contributed by atoms with E-state index in [4.69, 9.17) is 5.26 Å². The molecule has 0 amide bonds. The first-order chi connectivity index (χ1) is 9.96. The summed E-state index contributed by atoms with van der Waals surface area (Å²) in [6.07, 6.45) is -2.73. The molecular formula is C17H12F3N. The van der Waals surface area contributed by atoms with Gasteiger partial charge in [-0.05, 0) is 35.6 Å². The van der Waals surface area contributed by atoms with Crippen molar-refractivity contribution in [2.75, 3.05) is 0 Å². The smallest absolute Gasteiger partial charge is 0.197 e. The quantitative estimate of drug-likeness (QED) is 0.768. The van der Waals surface area contributed by atoms with Crippen LogP contribution in [0, 0.1) is 11.3 Å². The van der Waals surface area contributed by atoms with E-state index in [-0.39, 0.29) is 5.56 Å². The van der Waals surface area contributed by atoms with Crippen LogP contribution < -0.4 is 0 Å². The lowest BCUT2D eigenvalue weighted by Crippen LogP contribution is -2.07. The van der Waals surface area contributed by atoms with Gasteiger partial charge in [0.05, 0.1) is 17.0 Å². The second kappa shape index (κ2) is 4.63. The molecule has 2 aromatic rings. The van der Waals surface area contributed by atoms with Crippen LogP contribution in [-0.2, 0) is 11.6 Å². The summed E-state index contributed by atoms with van der Waals surface area (Å²) in [6, 6.07) is 14.7. The van der Waals surface area contributed by atoms with E-state index in [1.54, 1.807) is 30.3 Å². The second-order valence-electron chi connectivity index (χ2n) is 5.31. The van der Waals surface area contributed by atoms with Crippen LogP contribution in [0.3, 0.4) is 0 Å². The molecule has 3 rings (SSSR count). The van der Waals surface area contributed by atoms with Crippen LogP contribution in [0.15, 0.2) is 48.5 Å². The summed E-state index contributed by atoms with van der Waals surface area (Å²) in [7, 11) is 0. The molecule has 0 N–H and O–H groups in total. The molecule has 0 spiro atoms. The molecule has 0 saturated heterocycles. The maximum Gasteiger partial charge on any atom is 0.417 e. The Hall–Kier alpha value is -2.28. The predicted octanol–water partition coefficient (Wildman–Crippen LogP) is 4.93. The van der Waals surface area contributed by atoms with Gasteiger partial charge in [0.1, 0.15) is 0 Å². The third-order valence-corrected chi connectivity index (χ3v) is 3.94. The molecule has 0 unspecified atom stereocenters. The topological polar surface area (TPSA) is 23.8 Å². The van der Waals surface area contributed by atoms with Crippen molar-refractivity contribution in [3.8, 4) is 17.2 Å². The molecule has 1 saturated carbocycles. The van der Waals surface area contributed by atoms with E-state index < -0.39 is 17.2 Å². The van der Waals surface area contributed by atoms with E-state index >= 15 is 0 Å². The third-order valence-electron chi connectivity index (χ3n) is 3.94. The average Bonchev–Trinajstić information content (AvgIpc) is 3.28. The largest absolute Gasteiger partial charge is 0.417 e. The standard InChI is InChI=1S/C17H12F3N/c18-17(19,20)15-4-2-1-3-14(15)12-5-7-13(8-6-12)16(11-21)9-10-16/h1-8H,9-10H2. The molecule has 1 aliphatic carbocycles. The number of alkyl halides is 3. The molecule has 0 bridgehead atoms. The maximum atomic E-state index is 13.0. The van der Waals surface area contributed by atoms with Crippen LogP contribution in [0.2, 0.25) is 0 Å². The van der Waals surface area contributed by atoms with Gasteiger partial charge in [-0.2, -0.15) is 18.4 Å². The fourth-order valence-electron chi connectivity index (χ4n) is 2.54. The SMILES string of the molecule is N#CC1(c2ccc(-c3ccccc3C(F)(F)F)cc2)CC1.